The highest BCUT2D eigenvalue weighted by molar-refractivity contribution is 9.10. The van der Waals surface area contributed by atoms with Crippen LogP contribution in [0.5, 0.6) is 0 Å². The fourth-order valence-corrected chi connectivity index (χ4v) is 4.75. The Morgan fingerprint density at radius 2 is 1.74 bits per heavy atom. The zero-order valence-electron chi connectivity index (χ0n) is 18.2. The van der Waals surface area contributed by atoms with Crippen LogP contribution in [0, 0.1) is 0 Å². The van der Waals surface area contributed by atoms with Gasteiger partial charge < -0.3 is 10.2 Å². The van der Waals surface area contributed by atoms with Gasteiger partial charge in [0.1, 0.15) is 5.01 Å². The molecule has 0 aliphatic carbocycles. The summed E-state index contributed by atoms with van der Waals surface area (Å²) in [6.07, 6.45) is 0.0890. The van der Waals surface area contributed by atoms with E-state index in [0.29, 0.717) is 32.3 Å². The highest BCUT2D eigenvalue weighted by atomic mass is 79.9. The third-order valence-corrected chi connectivity index (χ3v) is 7.14. The first-order chi connectivity index (χ1) is 16.9. The van der Waals surface area contributed by atoms with Crippen LogP contribution in [0.2, 0.25) is 10.0 Å². The monoisotopic (exact) mass is 588 g/mol. The summed E-state index contributed by atoms with van der Waals surface area (Å²) in [5.74, 6) is -0.505. The lowest BCUT2D eigenvalue weighted by Crippen LogP contribution is -2.33. The fourth-order valence-electron chi connectivity index (χ4n) is 3.30. The van der Waals surface area contributed by atoms with E-state index < -0.39 is 0 Å². The molecule has 0 fully saturated rings. The van der Waals surface area contributed by atoms with E-state index in [2.05, 4.69) is 31.4 Å². The molecule has 1 aromatic heterocycles. The van der Waals surface area contributed by atoms with Crippen molar-refractivity contribution in [3.63, 3.8) is 0 Å². The maximum absolute atomic E-state index is 13.2. The predicted molar refractivity (Wildman–Crippen MR) is 144 cm³/mol. The molecular formula is C25H19BrCl2N4O2S. The summed E-state index contributed by atoms with van der Waals surface area (Å²) in [5, 5.41) is 12.8. The van der Waals surface area contributed by atoms with E-state index in [1.807, 2.05) is 54.6 Å². The Hall–Kier alpha value is -2.78. The molecule has 1 N–H and O–H groups in total. The van der Waals surface area contributed by atoms with Crippen LogP contribution in [-0.4, -0.2) is 33.5 Å². The molecule has 0 radical (unpaired) electrons. The quantitative estimate of drug-likeness (QED) is 0.241. The van der Waals surface area contributed by atoms with Crippen molar-refractivity contribution in [3.8, 4) is 10.6 Å². The SMILES string of the molecule is O=C(CCN(Cc1ccccc1)C(=O)c1ccc(Cl)c(Cl)c1)Nc1nnc(-c2cccc(Br)c2)s1. The average Bonchev–Trinajstić information content (AvgIpc) is 3.32. The molecule has 0 aliphatic rings. The molecule has 0 aliphatic heterocycles. The molecule has 6 nitrogen and oxygen atoms in total. The van der Waals surface area contributed by atoms with E-state index in [-0.39, 0.29) is 24.8 Å². The van der Waals surface area contributed by atoms with E-state index in [1.54, 1.807) is 17.0 Å². The lowest BCUT2D eigenvalue weighted by Gasteiger charge is -2.23. The first-order valence-corrected chi connectivity index (χ1v) is 12.9. The van der Waals surface area contributed by atoms with Crippen LogP contribution in [0.25, 0.3) is 10.6 Å². The molecular weight excluding hydrogens is 571 g/mol. The second-order valence-electron chi connectivity index (χ2n) is 7.56. The van der Waals surface area contributed by atoms with Gasteiger partial charge in [0.15, 0.2) is 0 Å². The van der Waals surface area contributed by atoms with E-state index in [1.165, 1.54) is 17.4 Å². The van der Waals surface area contributed by atoms with Crippen molar-refractivity contribution in [2.75, 3.05) is 11.9 Å². The Bertz CT molecular complexity index is 1350. The minimum atomic E-state index is -0.262. The number of carbonyl (C=O) groups excluding carboxylic acids is 2. The van der Waals surface area contributed by atoms with Crippen molar-refractivity contribution in [3.05, 3.63) is 98.4 Å². The first-order valence-electron chi connectivity index (χ1n) is 10.6. The minimum Gasteiger partial charge on any atom is -0.334 e. The lowest BCUT2D eigenvalue weighted by atomic mass is 10.1. The Kier molecular flexibility index (Phi) is 8.51. The molecule has 35 heavy (non-hydrogen) atoms. The van der Waals surface area contributed by atoms with Gasteiger partial charge in [-0.25, -0.2) is 0 Å². The number of anilines is 1. The number of nitrogens with one attached hydrogen (secondary N) is 1. The Labute approximate surface area is 225 Å². The van der Waals surface area contributed by atoms with Gasteiger partial charge in [-0.15, -0.1) is 10.2 Å². The van der Waals surface area contributed by atoms with Gasteiger partial charge >= 0.3 is 0 Å². The van der Waals surface area contributed by atoms with Crippen LogP contribution in [0.4, 0.5) is 5.13 Å². The van der Waals surface area contributed by atoms with Gasteiger partial charge in [-0.05, 0) is 35.9 Å². The number of nitrogens with zero attached hydrogens (tertiary/aromatic N) is 3. The summed E-state index contributed by atoms with van der Waals surface area (Å²) in [7, 11) is 0. The number of halogens is 3. The predicted octanol–water partition coefficient (Wildman–Crippen LogP) is 6.95. The van der Waals surface area contributed by atoms with E-state index in [4.69, 9.17) is 23.2 Å². The lowest BCUT2D eigenvalue weighted by molar-refractivity contribution is -0.116. The number of benzene rings is 3. The fraction of sp³-hybridized carbons (Fsp3) is 0.120. The minimum absolute atomic E-state index is 0.0890. The van der Waals surface area contributed by atoms with Crippen molar-refractivity contribution >= 4 is 67.4 Å². The maximum atomic E-state index is 13.2. The molecule has 1 heterocycles. The van der Waals surface area contributed by atoms with Crippen molar-refractivity contribution in [2.24, 2.45) is 0 Å². The van der Waals surface area contributed by atoms with Crippen LogP contribution >= 0.6 is 50.5 Å². The second-order valence-corrected chi connectivity index (χ2v) is 10.3. The molecule has 10 heteroatoms. The number of carbonyl (C=O) groups is 2. The molecule has 0 unspecified atom stereocenters. The number of hydrogen-bond acceptors (Lipinski definition) is 5. The summed E-state index contributed by atoms with van der Waals surface area (Å²) in [5.41, 5.74) is 2.25. The molecule has 0 spiro atoms. The van der Waals surface area contributed by atoms with Gasteiger partial charge in [0.05, 0.1) is 10.0 Å². The number of rotatable bonds is 8. The van der Waals surface area contributed by atoms with Crippen molar-refractivity contribution in [2.45, 2.75) is 13.0 Å². The highest BCUT2D eigenvalue weighted by Crippen LogP contribution is 2.28. The first kappa shape index (κ1) is 25.3. The summed E-state index contributed by atoms with van der Waals surface area (Å²) in [4.78, 5) is 27.5. The van der Waals surface area contributed by atoms with E-state index >= 15 is 0 Å². The normalized spacial score (nSPS) is 10.7. The number of hydrogen-bond donors (Lipinski definition) is 1. The smallest absolute Gasteiger partial charge is 0.254 e. The van der Waals surface area contributed by atoms with Gasteiger partial charge in [0, 0.05) is 35.1 Å². The molecule has 2 amide bonds. The van der Waals surface area contributed by atoms with Crippen LogP contribution < -0.4 is 5.32 Å². The van der Waals surface area contributed by atoms with E-state index in [0.717, 1.165) is 15.6 Å². The van der Waals surface area contributed by atoms with E-state index in [9.17, 15) is 9.59 Å². The third kappa shape index (κ3) is 6.89. The third-order valence-electron chi connectivity index (χ3n) is 5.02. The Morgan fingerprint density at radius 3 is 2.49 bits per heavy atom. The average molecular weight is 590 g/mol. The maximum Gasteiger partial charge on any atom is 0.254 e. The van der Waals surface area contributed by atoms with Crippen molar-refractivity contribution in [1.82, 2.24) is 15.1 Å². The van der Waals surface area contributed by atoms with Gasteiger partial charge in [-0.3, -0.25) is 9.59 Å². The zero-order valence-corrected chi connectivity index (χ0v) is 22.2. The van der Waals surface area contributed by atoms with Gasteiger partial charge in [-0.2, -0.15) is 0 Å². The standard InChI is InChI=1S/C25H19BrCl2N4O2S/c26-19-8-4-7-17(13-19)23-30-31-25(35-23)29-22(33)11-12-32(15-16-5-2-1-3-6-16)24(34)18-9-10-20(27)21(28)14-18/h1-10,13-14H,11-12,15H2,(H,29,31,33). The zero-order chi connectivity index (χ0) is 24.8. The molecule has 0 saturated carbocycles. The molecule has 178 valence electrons. The van der Waals surface area contributed by atoms with Gasteiger partial charge in [0.25, 0.3) is 5.91 Å². The summed E-state index contributed by atoms with van der Waals surface area (Å²) >= 11 is 16.8. The number of aromatic nitrogens is 2. The van der Waals surface area contributed by atoms with Crippen LogP contribution in [0.3, 0.4) is 0 Å². The molecule has 0 atom stereocenters. The van der Waals surface area contributed by atoms with Gasteiger partial charge in [-0.1, -0.05) is 92.9 Å². The second kappa shape index (κ2) is 11.8. The molecule has 4 rings (SSSR count). The Morgan fingerprint density at radius 1 is 0.943 bits per heavy atom. The summed E-state index contributed by atoms with van der Waals surface area (Å²) in [6, 6.07) is 22.0. The molecule has 3 aromatic carbocycles. The summed E-state index contributed by atoms with van der Waals surface area (Å²) in [6.45, 7) is 0.552. The van der Waals surface area contributed by atoms with Crippen molar-refractivity contribution in [1.29, 1.82) is 0 Å². The van der Waals surface area contributed by atoms with Crippen molar-refractivity contribution < 1.29 is 9.59 Å². The van der Waals surface area contributed by atoms with Crippen LogP contribution in [0.1, 0.15) is 22.3 Å². The van der Waals surface area contributed by atoms with Crippen LogP contribution in [-0.2, 0) is 11.3 Å². The van der Waals surface area contributed by atoms with Crippen LogP contribution in [0.15, 0.2) is 77.3 Å². The topological polar surface area (TPSA) is 75.2 Å². The number of amides is 2. The summed E-state index contributed by atoms with van der Waals surface area (Å²) < 4.78 is 0.931. The molecule has 4 aromatic rings. The Balaban J connectivity index is 1.43. The highest BCUT2D eigenvalue weighted by Gasteiger charge is 2.19. The molecule has 0 saturated heterocycles. The molecule has 0 bridgehead atoms. The largest absolute Gasteiger partial charge is 0.334 e. The van der Waals surface area contributed by atoms with Gasteiger partial charge in [0.2, 0.25) is 11.0 Å².